The maximum absolute atomic E-state index is 9.02. The van der Waals surface area contributed by atoms with Crippen molar-refractivity contribution >= 4 is 10.9 Å². The second-order valence-corrected chi connectivity index (χ2v) is 3.93. The van der Waals surface area contributed by atoms with Crippen LogP contribution >= 0.6 is 0 Å². The Morgan fingerprint density at radius 3 is 2.80 bits per heavy atom. The first-order valence-corrected chi connectivity index (χ1v) is 5.45. The van der Waals surface area contributed by atoms with Crippen LogP contribution < -0.4 is 0 Å². The molecule has 0 amide bonds. The Hall–Kier alpha value is -1.28. The monoisotopic (exact) mass is 203 g/mol. The van der Waals surface area contributed by atoms with Crippen molar-refractivity contribution in [3.63, 3.8) is 0 Å². The number of hydrogen-bond acceptors (Lipinski definition) is 1. The molecular weight excluding hydrogens is 186 g/mol. The third kappa shape index (κ3) is 1.77. The van der Waals surface area contributed by atoms with Crippen molar-refractivity contribution in [2.24, 2.45) is 0 Å². The minimum Gasteiger partial charge on any atom is -0.396 e. The maximum atomic E-state index is 9.02. The highest BCUT2D eigenvalue weighted by Crippen LogP contribution is 2.23. The van der Waals surface area contributed by atoms with Crippen LogP contribution in [0, 0.1) is 6.92 Å². The zero-order valence-electron chi connectivity index (χ0n) is 9.33. The summed E-state index contributed by atoms with van der Waals surface area (Å²) in [6.07, 6.45) is 2.90. The van der Waals surface area contributed by atoms with E-state index < -0.39 is 0 Å². The molecule has 0 aliphatic rings. The second kappa shape index (κ2) is 4.07. The Balaban J connectivity index is 2.64. The first kappa shape index (κ1) is 10.2. The van der Waals surface area contributed by atoms with Gasteiger partial charge in [-0.05, 0) is 38.0 Å². The molecule has 0 fully saturated rings. The lowest BCUT2D eigenvalue weighted by atomic mass is 10.1. The average molecular weight is 203 g/mol. The van der Waals surface area contributed by atoms with Gasteiger partial charge >= 0.3 is 0 Å². The van der Waals surface area contributed by atoms with Gasteiger partial charge in [0.05, 0.1) is 0 Å². The summed E-state index contributed by atoms with van der Waals surface area (Å²) in [6.45, 7) is 5.44. The number of aromatic nitrogens is 1. The molecule has 0 bridgehead atoms. The highest BCUT2D eigenvalue weighted by Gasteiger charge is 2.06. The summed E-state index contributed by atoms with van der Waals surface area (Å²) in [6, 6.07) is 6.50. The molecule has 0 aliphatic heterocycles. The molecule has 1 N–H and O–H groups in total. The molecule has 1 aromatic heterocycles. The Kier molecular flexibility index (Phi) is 2.78. The standard InChI is InChI=1S/C13H17NO/c1-3-14-9-11(6-7-15)12-8-10(2)4-5-13(12)14/h4-5,8-9,15H,3,6-7H2,1-2H3. The van der Waals surface area contributed by atoms with E-state index in [0.29, 0.717) is 0 Å². The smallest absolute Gasteiger partial charge is 0.0483 e. The van der Waals surface area contributed by atoms with E-state index >= 15 is 0 Å². The van der Waals surface area contributed by atoms with Crippen LogP contribution in [0.15, 0.2) is 24.4 Å². The number of aliphatic hydroxyl groups is 1. The minimum absolute atomic E-state index is 0.219. The number of fused-ring (bicyclic) bond motifs is 1. The number of benzene rings is 1. The van der Waals surface area contributed by atoms with E-state index in [1.807, 2.05) is 0 Å². The molecule has 0 radical (unpaired) electrons. The van der Waals surface area contributed by atoms with Crippen LogP contribution in [0.4, 0.5) is 0 Å². The molecule has 0 saturated carbocycles. The lowest BCUT2D eigenvalue weighted by Gasteiger charge is -2.00. The molecule has 1 heterocycles. The summed E-state index contributed by atoms with van der Waals surface area (Å²) in [7, 11) is 0. The number of aliphatic hydroxyl groups excluding tert-OH is 1. The van der Waals surface area contributed by atoms with E-state index in [9.17, 15) is 0 Å². The van der Waals surface area contributed by atoms with Crippen molar-refractivity contribution in [3.05, 3.63) is 35.5 Å². The molecule has 0 unspecified atom stereocenters. The molecule has 80 valence electrons. The molecule has 0 spiro atoms. The van der Waals surface area contributed by atoms with E-state index in [4.69, 9.17) is 5.11 Å². The summed E-state index contributed by atoms with van der Waals surface area (Å²) >= 11 is 0. The van der Waals surface area contributed by atoms with Crippen molar-refractivity contribution in [2.75, 3.05) is 6.61 Å². The van der Waals surface area contributed by atoms with Crippen molar-refractivity contribution in [2.45, 2.75) is 26.8 Å². The van der Waals surface area contributed by atoms with Crippen LogP contribution in [0.5, 0.6) is 0 Å². The summed E-state index contributed by atoms with van der Waals surface area (Å²) < 4.78 is 2.24. The number of nitrogens with zero attached hydrogens (tertiary/aromatic N) is 1. The molecule has 2 heteroatoms. The summed E-state index contributed by atoms with van der Waals surface area (Å²) in [4.78, 5) is 0. The predicted molar refractivity (Wildman–Crippen MR) is 63.1 cm³/mol. The zero-order valence-corrected chi connectivity index (χ0v) is 9.33. The first-order chi connectivity index (χ1) is 7.26. The summed E-state index contributed by atoms with van der Waals surface area (Å²) in [5.41, 5.74) is 3.79. The van der Waals surface area contributed by atoms with Gasteiger partial charge in [0.25, 0.3) is 0 Å². The fourth-order valence-electron chi connectivity index (χ4n) is 2.07. The largest absolute Gasteiger partial charge is 0.396 e. The van der Waals surface area contributed by atoms with Gasteiger partial charge in [-0.2, -0.15) is 0 Å². The van der Waals surface area contributed by atoms with Gasteiger partial charge in [-0.3, -0.25) is 0 Å². The predicted octanol–water partition coefficient (Wildman–Crippen LogP) is 2.50. The van der Waals surface area contributed by atoms with E-state index in [1.54, 1.807) is 0 Å². The molecule has 0 aliphatic carbocycles. The van der Waals surface area contributed by atoms with Gasteiger partial charge in [0.15, 0.2) is 0 Å². The zero-order chi connectivity index (χ0) is 10.8. The van der Waals surface area contributed by atoms with Crippen LogP contribution in [-0.4, -0.2) is 16.3 Å². The quantitative estimate of drug-likeness (QED) is 0.814. The van der Waals surface area contributed by atoms with E-state index in [2.05, 4.69) is 42.8 Å². The highest BCUT2D eigenvalue weighted by molar-refractivity contribution is 5.84. The summed E-state index contributed by atoms with van der Waals surface area (Å²) in [5, 5.41) is 10.3. The SMILES string of the molecule is CCn1cc(CCO)c2cc(C)ccc21. The van der Waals surface area contributed by atoms with Crippen LogP contribution in [0.2, 0.25) is 0 Å². The van der Waals surface area contributed by atoms with Crippen LogP contribution in [0.3, 0.4) is 0 Å². The molecule has 2 aromatic rings. The minimum atomic E-state index is 0.219. The lowest BCUT2D eigenvalue weighted by molar-refractivity contribution is 0.300. The van der Waals surface area contributed by atoms with Crippen molar-refractivity contribution in [1.82, 2.24) is 4.57 Å². The molecule has 0 atom stereocenters. The Morgan fingerprint density at radius 1 is 1.33 bits per heavy atom. The summed E-state index contributed by atoms with van der Waals surface area (Å²) in [5.74, 6) is 0. The van der Waals surface area contributed by atoms with E-state index in [1.165, 1.54) is 22.0 Å². The third-order valence-corrected chi connectivity index (χ3v) is 2.84. The normalized spacial score (nSPS) is 11.1. The van der Waals surface area contributed by atoms with Crippen LogP contribution in [0.25, 0.3) is 10.9 Å². The fraction of sp³-hybridized carbons (Fsp3) is 0.385. The van der Waals surface area contributed by atoms with Gasteiger partial charge in [-0.15, -0.1) is 0 Å². The average Bonchev–Trinajstić information content (AvgIpc) is 2.57. The van der Waals surface area contributed by atoms with Gasteiger partial charge < -0.3 is 9.67 Å². The Bertz CT molecular complexity index is 471. The molecule has 2 nitrogen and oxygen atoms in total. The fourth-order valence-corrected chi connectivity index (χ4v) is 2.07. The number of rotatable bonds is 3. The first-order valence-electron chi connectivity index (χ1n) is 5.45. The molecule has 0 saturated heterocycles. The Morgan fingerprint density at radius 2 is 2.13 bits per heavy atom. The molecule has 2 rings (SSSR count). The Labute approximate surface area is 90.2 Å². The second-order valence-electron chi connectivity index (χ2n) is 3.93. The van der Waals surface area contributed by atoms with Crippen LogP contribution in [-0.2, 0) is 13.0 Å². The molecule has 15 heavy (non-hydrogen) atoms. The topological polar surface area (TPSA) is 25.2 Å². The van der Waals surface area contributed by atoms with Gasteiger partial charge in [0, 0.05) is 30.3 Å². The van der Waals surface area contributed by atoms with Gasteiger partial charge in [0.2, 0.25) is 0 Å². The van der Waals surface area contributed by atoms with Crippen molar-refractivity contribution in [3.8, 4) is 0 Å². The molecular formula is C13H17NO. The molecule has 1 aromatic carbocycles. The van der Waals surface area contributed by atoms with E-state index in [-0.39, 0.29) is 6.61 Å². The number of aryl methyl sites for hydroxylation is 2. The van der Waals surface area contributed by atoms with Gasteiger partial charge in [0.1, 0.15) is 0 Å². The lowest BCUT2D eigenvalue weighted by Crippen LogP contribution is -1.91. The van der Waals surface area contributed by atoms with Gasteiger partial charge in [-0.1, -0.05) is 11.6 Å². The third-order valence-electron chi connectivity index (χ3n) is 2.84. The maximum Gasteiger partial charge on any atom is 0.0483 e. The van der Waals surface area contributed by atoms with E-state index in [0.717, 1.165) is 13.0 Å². The van der Waals surface area contributed by atoms with Crippen molar-refractivity contribution in [1.29, 1.82) is 0 Å². The van der Waals surface area contributed by atoms with Gasteiger partial charge in [-0.25, -0.2) is 0 Å². The highest BCUT2D eigenvalue weighted by atomic mass is 16.2. The number of hydrogen-bond donors (Lipinski definition) is 1. The van der Waals surface area contributed by atoms with Crippen LogP contribution in [0.1, 0.15) is 18.1 Å². The van der Waals surface area contributed by atoms with Crippen molar-refractivity contribution < 1.29 is 5.11 Å².